The molecule has 1 unspecified atom stereocenters. The molecule has 1 heterocycles. The van der Waals surface area contributed by atoms with E-state index in [1.165, 1.54) is 0 Å². The number of aryl methyl sites for hydroxylation is 1. The first kappa shape index (κ1) is 17.3. The van der Waals surface area contributed by atoms with Crippen LogP contribution in [0.3, 0.4) is 0 Å². The average Bonchev–Trinajstić information content (AvgIpc) is 2.70. The second kappa shape index (κ2) is 8.42. The zero-order chi connectivity index (χ0) is 12.8. The lowest BCUT2D eigenvalue weighted by Crippen LogP contribution is -2.39. The fraction of sp³-hybridized carbons (Fsp3) is 0.417. The maximum Gasteiger partial charge on any atom is 0.191 e. The number of hydrogen-bond donors (Lipinski definition) is 2. The topological polar surface area (TPSA) is 49.6 Å². The zero-order valence-corrected chi connectivity index (χ0v) is 13.9. The van der Waals surface area contributed by atoms with Gasteiger partial charge in [-0.2, -0.15) is 0 Å². The van der Waals surface area contributed by atoms with Gasteiger partial charge in [-0.1, -0.05) is 18.2 Å². The maximum absolute atomic E-state index is 5.68. The van der Waals surface area contributed by atoms with Gasteiger partial charge in [-0.05, 0) is 26.0 Å². The van der Waals surface area contributed by atoms with Gasteiger partial charge < -0.3 is 15.1 Å². The molecule has 0 aromatic carbocycles. The van der Waals surface area contributed by atoms with Crippen LogP contribution in [0.25, 0.3) is 0 Å². The number of hydrogen-bond acceptors (Lipinski definition) is 2. The second-order valence-corrected chi connectivity index (χ2v) is 4.29. The Morgan fingerprint density at radius 1 is 1.56 bits per heavy atom. The number of nitrogens with one attached hydrogen (secondary N) is 2. The molecule has 0 fully saturated rings. The van der Waals surface area contributed by atoms with Gasteiger partial charge in [0, 0.05) is 12.1 Å². The van der Waals surface area contributed by atoms with Crippen molar-refractivity contribution in [3.63, 3.8) is 0 Å². The number of guanidine groups is 1. The Kier molecular flexibility index (Phi) is 8.10. The highest BCUT2D eigenvalue weighted by Crippen LogP contribution is 2.15. The van der Waals surface area contributed by atoms with Crippen molar-refractivity contribution in [3.8, 4) is 0 Å². The molecule has 1 atom stereocenters. The number of halogens is 2. The van der Waals surface area contributed by atoms with Gasteiger partial charge in [0.2, 0.25) is 0 Å². The minimum absolute atomic E-state index is 0. The predicted molar refractivity (Wildman–Crippen MR) is 86.8 cm³/mol. The van der Waals surface area contributed by atoms with E-state index in [1.807, 2.05) is 26.0 Å². The molecule has 0 aliphatic carbocycles. The van der Waals surface area contributed by atoms with E-state index in [2.05, 4.69) is 22.2 Å². The lowest BCUT2D eigenvalue weighted by Gasteiger charge is -2.15. The third-order valence-corrected chi connectivity index (χ3v) is 2.35. The van der Waals surface area contributed by atoms with Crippen molar-refractivity contribution in [3.05, 3.63) is 35.3 Å². The Morgan fingerprint density at radius 2 is 2.22 bits per heavy atom. The highest BCUT2D eigenvalue weighted by atomic mass is 127. The van der Waals surface area contributed by atoms with Gasteiger partial charge in [0.1, 0.15) is 11.5 Å². The Hall–Kier alpha value is -0.690. The summed E-state index contributed by atoms with van der Waals surface area (Å²) < 4.78 is 5.53. The van der Waals surface area contributed by atoms with Gasteiger partial charge in [-0.15, -0.1) is 24.0 Å². The number of aliphatic imine (C=N–C) groups is 1. The highest BCUT2D eigenvalue weighted by Gasteiger charge is 2.10. The Morgan fingerprint density at radius 3 is 2.67 bits per heavy atom. The first-order valence-electron chi connectivity index (χ1n) is 5.39. The van der Waals surface area contributed by atoms with Crippen molar-refractivity contribution in [2.75, 3.05) is 13.6 Å². The van der Waals surface area contributed by atoms with E-state index in [0.717, 1.165) is 11.5 Å². The van der Waals surface area contributed by atoms with Gasteiger partial charge in [0.05, 0.1) is 12.6 Å². The summed E-state index contributed by atoms with van der Waals surface area (Å²) in [5.41, 5.74) is 0. The molecular formula is C12H19ClIN3O. The van der Waals surface area contributed by atoms with Crippen LogP contribution in [0, 0.1) is 6.92 Å². The minimum Gasteiger partial charge on any atom is -0.464 e. The normalized spacial score (nSPS) is 12.6. The van der Waals surface area contributed by atoms with Crippen LogP contribution < -0.4 is 10.6 Å². The van der Waals surface area contributed by atoms with Crippen molar-refractivity contribution in [1.29, 1.82) is 0 Å². The first-order chi connectivity index (χ1) is 8.02. The van der Waals surface area contributed by atoms with Crippen LogP contribution in [0.2, 0.25) is 0 Å². The number of nitrogens with zero attached hydrogens (tertiary/aromatic N) is 1. The van der Waals surface area contributed by atoms with Gasteiger partial charge in [0.25, 0.3) is 0 Å². The van der Waals surface area contributed by atoms with E-state index in [4.69, 9.17) is 16.0 Å². The van der Waals surface area contributed by atoms with E-state index >= 15 is 0 Å². The summed E-state index contributed by atoms with van der Waals surface area (Å²) in [6.45, 7) is 8.00. The number of furan rings is 1. The minimum atomic E-state index is 0. The van der Waals surface area contributed by atoms with Crippen molar-refractivity contribution in [2.24, 2.45) is 4.99 Å². The van der Waals surface area contributed by atoms with Gasteiger partial charge in [0.15, 0.2) is 5.96 Å². The Labute approximate surface area is 130 Å². The summed E-state index contributed by atoms with van der Waals surface area (Å²) in [7, 11) is 1.70. The molecule has 1 rings (SSSR count). The van der Waals surface area contributed by atoms with Crippen molar-refractivity contribution in [2.45, 2.75) is 19.9 Å². The van der Waals surface area contributed by atoms with E-state index in [1.54, 1.807) is 7.05 Å². The fourth-order valence-corrected chi connectivity index (χ4v) is 1.40. The first-order valence-corrected chi connectivity index (χ1v) is 5.77. The van der Waals surface area contributed by atoms with Crippen LogP contribution >= 0.6 is 35.6 Å². The van der Waals surface area contributed by atoms with Crippen LogP contribution in [-0.2, 0) is 0 Å². The quantitative estimate of drug-likeness (QED) is 0.477. The van der Waals surface area contributed by atoms with Crippen molar-refractivity contribution >= 4 is 41.5 Å². The standard InChI is InChI=1S/C12H18ClN3O.HI/c1-8(13)7-15-12(14-4)16-10(3)11-6-5-9(2)17-11;/h5-6,10H,1,7H2,2-4H3,(H2,14,15,16);1H. The molecule has 0 radical (unpaired) electrons. The molecule has 1 aromatic heterocycles. The summed E-state index contributed by atoms with van der Waals surface area (Å²) in [5, 5.41) is 6.78. The molecule has 18 heavy (non-hydrogen) atoms. The van der Waals surface area contributed by atoms with E-state index in [0.29, 0.717) is 17.5 Å². The molecule has 0 saturated heterocycles. The maximum atomic E-state index is 5.68. The van der Waals surface area contributed by atoms with E-state index in [9.17, 15) is 0 Å². The zero-order valence-electron chi connectivity index (χ0n) is 10.8. The smallest absolute Gasteiger partial charge is 0.191 e. The molecular weight excluding hydrogens is 365 g/mol. The lowest BCUT2D eigenvalue weighted by molar-refractivity contribution is 0.441. The third-order valence-electron chi connectivity index (χ3n) is 2.21. The third kappa shape index (κ3) is 5.77. The van der Waals surface area contributed by atoms with Crippen LogP contribution in [0.4, 0.5) is 0 Å². The SMILES string of the molecule is C=C(Cl)CNC(=NC)NC(C)c1ccc(C)o1.I. The summed E-state index contributed by atoms with van der Waals surface area (Å²) in [5.74, 6) is 2.43. The van der Waals surface area contributed by atoms with Gasteiger partial charge in [-0.25, -0.2) is 0 Å². The summed E-state index contributed by atoms with van der Waals surface area (Å²) in [4.78, 5) is 4.09. The van der Waals surface area contributed by atoms with Crippen LogP contribution in [0.1, 0.15) is 24.5 Å². The van der Waals surface area contributed by atoms with Crippen molar-refractivity contribution < 1.29 is 4.42 Å². The van der Waals surface area contributed by atoms with Crippen LogP contribution in [-0.4, -0.2) is 19.6 Å². The van der Waals surface area contributed by atoms with Crippen molar-refractivity contribution in [1.82, 2.24) is 10.6 Å². The molecule has 4 nitrogen and oxygen atoms in total. The second-order valence-electron chi connectivity index (χ2n) is 3.76. The largest absolute Gasteiger partial charge is 0.464 e. The summed E-state index contributed by atoms with van der Waals surface area (Å²) >= 11 is 5.68. The molecule has 0 aliphatic heterocycles. The monoisotopic (exact) mass is 383 g/mol. The molecule has 0 aliphatic rings. The van der Waals surface area contributed by atoms with Crippen LogP contribution in [0.15, 0.2) is 33.2 Å². The van der Waals surface area contributed by atoms with Gasteiger partial charge in [-0.3, -0.25) is 4.99 Å². The van der Waals surface area contributed by atoms with E-state index < -0.39 is 0 Å². The molecule has 0 bridgehead atoms. The summed E-state index contributed by atoms with van der Waals surface area (Å²) in [6, 6.07) is 3.92. The number of rotatable bonds is 4. The molecule has 102 valence electrons. The Balaban J connectivity index is 0.00000289. The van der Waals surface area contributed by atoms with Crippen LogP contribution in [0.5, 0.6) is 0 Å². The molecule has 0 saturated carbocycles. The fourth-order valence-electron chi connectivity index (χ4n) is 1.34. The summed E-state index contributed by atoms with van der Waals surface area (Å²) in [6.07, 6.45) is 0. The predicted octanol–water partition coefficient (Wildman–Crippen LogP) is 3.18. The molecule has 0 spiro atoms. The molecule has 6 heteroatoms. The molecule has 2 N–H and O–H groups in total. The molecule has 0 amide bonds. The van der Waals surface area contributed by atoms with Gasteiger partial charge >= 0.3 is 0 Å². The van der Waals surface area contributed by atoms with E-state index in [-0.39, 0.29) is 30.0 Å². The Bertz CT molecular complexity index is 417. The lowest BCUT2D eigenvalue weighted by atomic mass is 10.2. The molecule has 1 aromatic rings. The highest BCUT2D eigenvalue weighted by molar-refractivity contribution is 14.0. The average molecular weight is 384 g/mol.